The van der Waals surface area contributed by atoms with E-state index >= 15 is 0 Å². The number of amides is 1. The summed E-state index contributed by atoms with van der Waals surface area (Å²) in [5.74, 6) is 1.28. The first-order valence-electron chi connectivity index (χ1n) is 7.58. The lowest BCUT2D eigenvalue weighted by atomic mass is 9.89. The van der Waals surface area contributed by atoms with Crippen LogP contribution in [0.2, 0.25) is 10.0 Å². The van der Waals surface area contributed by atoms with Crippen molar-refractivity contribution in [3.8, 4) is 5.75 Å². The summed E-state index contributed by atoms with van der Waals surface area (Å²) in [6.07, 6.45) is 2.75. The van der Waals surface area contributed by atoms with Gasteiger partial charge in [0.15, 0.2) is 0 Å². The fourth-order valence-electron chi connectivity index (χ4n) is 3.70. The van der Waals surface area contributed by atoms with Crippen molar-refractivity contribution in [2.45, 2.75) is 31.8 Å². The van der Waals surface area contributed by atoms with Crippen molar-refractivity contribution in [1.82, 2.24) is 10.2 Å². The fourth-order valence-corrected chi connectivity index (χ4v) is 4.19. The second kappa shape index (κ2) is 6.26. The summed E-state index contributed by atoms with van der Waals surface area (Å²) in [7, 11) is 2.05. The molecule has 0 aromatic heterocycles. The highest BCUT2D eigenvalue weighted by atomic mass is 35.5. The number of piperidine rings is 1. The van der Waals surface area contributed by atoms with Gasteiger partial charge in [0.2, 0.25) is 5.91 Å². The Kier molecular flexibility index (Phi) is 4.53. The summed E-state index contributed by atoms with van der Waals surface area (Å²) in [6, 6.07) is 3.59. The van der Waals surface area contributed by atoms with Gasteiger partial charge in [-0.1, -0.05) is 23.2 Å². The van der Waals surface area contributed by atoms with E-state index < -0.39 is 0 Å². The van der Waals surface area contributed by atoms with E-state index in [4.69, 9.17) is 23.2 Å². The molecule has 1 saturated heterocycles. The van der Waals surface area contributed by atoms with E-state index in [1.54, 1.807) is 6.07 Å². The maximum atomic E-state index is 11.5. The van der Waals surface area contributed by atoms with Gasteiger partial charge in [0.25, 0.3) is 0 Å². The molecule has 2 fully saturated rings. The molecule has 1 aromatic rings. The van der Waals surface area contributed by atoms with E-state index in [-0.39, 0.29) is 11.7 Å². The predicted octanol–water partition coefficient (Wildman–Crippen LogP) is 3.05. The average Bonchev–Trinajstić information content (AvgIpc) is 2.90. The number of carbonyl (C=O) groups excluding carboxylic acids is 1. The first kappa shape index (κ1) is 15.9. The topological polar surface area (TPSA) is 52.6 Å². The Balaban J connectivity index is 1.70. The van der Waals surface area contributed by atoms with Crippen molar-refractivity contribution in [3.63, 3.8) is 0 Å². The van der Waals surface area contributed by atoms with Crippen LogP contribution in [0, 0.1) is 11.8 Å². The molecule has 1 aliphatic carbocycles. The van der Waals surface area contributed by atoms with E-state index in [0.29, 0.717) is 40.9 Å². The van der Waals surface area contributed by atoms with E-state index in [0.717, 1.165) is 24.9 Å². The van der Waals surface area contributed by atoms with Gasteiger partial charge in [-0.15, -0.1) is 0 Å². The van der Waals surface area contributed by atoms with Crippen molar-refractivity contribution in [2.24, 2.45) is 11.8 Å². The lowest BCUT2D eigenvalue weighted by molar-refractivity contribution is -0.124. The van der Waals surface area contributed by atoms with Crippen molar-refractivity contribution in [2.75, 3.05) is 13.6 Å². The van der Waals surface area contributed by atoms with Gasteiger partial charge in [0.05, 0.1) is 5.02 Å². The molecule has 1 amide bonds. The van der Waals surface area contributed by atoms with Gasteiger partial charge < -0.3 is 10.4 Å². The molecule has 120 valence electrons. The van der Waals surface area contributed by atoms with E-state index in [1.165, 1.54) is 6.07 Å². The first-order valence-corrected chi connectivity index (χ1v) is 8.34. The number of phenolic OH excluding ortho intramolecular Hbond substituents is 1. The third kappa shape index (κ3) is 3.05. The van der Waals surface area contributed by atoms with Crippen LogP contribution in [-0.2, 0) is 11.3 Å². The molecule has 4 nitrogen and oxygen atoms in total. The highest BCUT2D eigenvalue weighted by Gasteiger charge is 2.39. The van der Waals surface area contributed by atoms with E-state index in [9.17, 15) is 9.90 Å². The van der Waals surface area contributed by atoms with Gasteiger partial charge in [-0.3, -0.25) is 9.69 Å². The second-order valence-corrected chi connectivity index (χ2v) is 7.21. The molecule has 0 radical (unpaired) electrons. The van der Waals surface area contributed by atoms with E-state index in [1.807, 2.05) is 7.05 Å². The smallest absolute Gasteiger partial charge is 0.220 e. The fraction of sp³-hybridized carbons (Fsp3) is 0.562. The number of rotatable bonds is 3. The zero-order valence-electron chi connectivity index (χ0n) is 12.5. The highest BCUT2D eigenvalue weighted by Crippen LogP contribution is 2.40. The molecular formula is C16H20Cl2N2O2. The summed E-state index contributed by atoms with van der Waals surface area (Å²) < 4.78 is 0. The molecule has 0 spiro atoms. The first-order chi connectivity index (χ1) is 10.5. The second-order valence-electron chi connectivity index (χ2n) is 6.43. The minimum Gasteiger partial charge on any atom is -0.506 e. The molecule has 1 saturated carbocycles. The number of hydrogen-bond acceptors (Lipinski definition) is 3. The lowest BCUT2D eigenvalue weighted by Crippen LogP contribution is -2.38. The van der Waals surface area contributed by atoms with Crippen molar-refractivity contribution < 1.29 is 9.90 Å². The zero-order chi connectivity index (χ0) is 15.9. The zero-order valence-corrected chi connectivity index (χ0v) is 14.0. The Morgan fingerprint density at radius 3 is 2.82 bits per heavy atom. The molecule has 22 heavy (non-hydrogen) atoms. The summed E-state index contributed by atoms with van der Waals surface area (Å²) in [5.41, 5.74) is 0.759. The molecule has 1 heterocycles. The Hall–Kier alpha value is -0.970. The summed E-state index contributed by atoms with van der Waals surface area (Å²) >= 11 is 12.4. The third-order valence-corrected chi connectivity index (χ3v) is 5.80. The number of aromatic hydroxyl groups is 1. The van der Waals surface area contributed by atoms with Gasteiger partial charge in [0, 0.05) is 36.1 Å². The number of hydrogen-bond donors (Lipinski definition) is 2. The summed E-state index contributed by atoms with van der Waals surface area (Å²) in [4.78, 5) is 13.7. The van der Waals surface area contributed by atoms with Crippen LogP contribution in [0.25, 0.3) is 0 Å². The SMILES string of the molecule is CN(Cc1c(Cl)ccc(O)c1Cl)[C@H]1C[C@H]2CNC(=O)C[C@H]2C1. The van der Waals surface area contributed by atoms with Crippen molar-refractivity contribution in [1.29, 1.82) is 0 Å². The number of fused-ring (bicyclic) bond motifs is 1. The van der Waals surface area contributed by atoms with E-state index in [2.05, 4.69) is 10.2 Å². The molecule has 2 N–H and O–H groups in total. The minimum atomic E-state index is 0.0596. The van der Waals surface area contributed by atoms with Crippen molar-refractivity contribution >= 4 is 29.1 Å². The van der Waals surface area contributed by atoms with Gasteiger partial charge in [-0.2, -0.15) is 0 Å². The molecule has 6 heteroatoms. The Morgan fingerprint density at radius 2 is 2.05 bits per heavy atom. The Labute approximate surface area is 140 Å². The largest absolute Gasteiger partial charge is 0.506 e. The molecular weight excluding hydrogens is 323 g/mol. The van der Waals surface area contributed by atoms with Crippen molar-refractivity contribution in [3.05, 3.63) is 27.7 Å². The number of halogens is 2. The van der Waals surface area contributed by atoms with Crippen LogP contribution < -0.4 is 5.32 Å². The number of benzene rings is 1. The predicted molar refractivity (Wildman–Crippen MR) is 87.2 cm³/mol. The van der Waals surface area contributed by atoms with Crippen LogP contribution in [0.15, 0.2) is 12.1 Å². The van der Waals surface area contributed by atoms with Crippen LogP contribution in [-0.4, -0.2) is 35.5 Å². The Bertz CT molecular complexity index is 594. The maximum Gasteiger partial charge on any atom is 0.220 e. The molecule has 0 bridgehead atoms. The number of phenols is 1. The Morgan fingerprint density at radius 1 is 1.32 bits per heavy atom. The van der Waals surface area contributed by atoms with Gasteiger partial charge in [0.1, 0.15) is 5.75 Å². The molecule has 3 atom stereocenters. The highest BCUT2D eigenvalue weighted by molar-refractivity contribution is 6.36. The van der Waals surface area contributed by atoms with Gasteiger partial charge >= 0.3 is 0 Å². The maximum absolute atomic E-state index is 11.5. The standard InChI is InChI=1S/C16H20Cl2N2O2/c1-20(8-12-13(17)2-3-14(21)16(12)18)11-4-9-6-15(22)19-7-10(9)5-11/h2-3,9-11,21H,4-8H2,1H3,(H,19,22)/t9-,10+,11-/m1/s1. The van der Waals surface area contributed by atoms with Crippen LogP contribution in [0.3, 0.4) is 0 Å². The van der Waals surface area contributed by atoms with Gasteiger partial charge in [-0.25, -0.2) is 0 Å². The normalized spacial score (nSPS) is 27.8. The van der Waals surface area contributed by atoms with Crippen LogP contribution in [0.4, 0.5) is 0 Å². The number of nitrogens with zero attached hydrogens (tertiary/aromatic N) is 1. The molecule has 1 aromatic carbocycles. The third-order valence-electron chi connectivity index (χ3n) is 5.02. The summed E-state index contributed by atoms with van der Waals surface area (Å²) in [6.45, 7) is 1.39. The quantitative estimate of drug-likeness (QED) is 0.887. The minimum absolute atomic E-state index is 0.0596. The van der Waals surface area contributed by atoms with Crippen LogP contribution in [0.1, 0.15) is 24.8 Å². The van der Waals surface area contributed by atoms with Gasteiger partial charge in [-0.05, 0) is 43.9 Å². The molecule has 0 unspecified atom stereocenters. The number of carbonyl (C=O) groups is 1. The average molecular weight is 343 g/mol. The molecule has 1 aliphatic heterocycles. The van der Waals surface area contributed by atoms with Crippen LogP contribution in [0.5, 0.6) is 5.75 Å². The van der Waals surface area contributed by atoms with Crippen LogP contribution >= 0.6 is 23.2 Å². The lowest BCUT2D eigenvalue weighted by Gasteiger charge is -2.25. The molecule has 2 aliphatic rings. The summed E-state index contributed by atoms with van der Waals surface area (Å²) in [5, 5.41) is 13.6. The molecule has 3 rings (SSSR count). The number of nitrogens with one attached hydrogen (secondary N) is 1. The monoisotopic (exact) mass is 342 g/mol.